The minimum absolute atomic E-state index is 0.979. The second-order valence-electron chi connectivity index (χ2n) is 1.48. The Kier molecular flexibility index (Phi) is 9.33. The van der Waals surface area contributed by atoms with E-state index in [1.807, 2.05) is 0 Å². The SMILES string of the molecule is NN=CSC=CC(=O)O.O=S(=O)(O)O. The number of hydrogen-bond donors (Lipinski definition) is 4. The van der Waals surface area contributed by atoms with Gasteiger partial charge in [-0.2, -0.15) is 13.5 Å². The van der Waals surface area contributed by atoms with Crippen LogP contribution in [0.25, 0.3) is 0 Å². The molecule has 0 fully saturated rings. The summed E-state index contributed by atoms with van der Waals surface area (Å²) in [6.45, 7) is 0. The minimum atomic E-state index is -4.67. The van der Waals surface area contributed by atoms with E-state index in [0.717, 1.165) is 17.8 Å². The molecule has 10 heteroatoms. The van der Waals surface area contributed by atoms with Gasteiger partial charge < -0.3 is 10.9 Å². The molecule has 0 saturated carbocycles. The van der Waals surface area contributed by atoms with Gasteiger partial charge in [0.15, 0.2) is 0 Å². The van der Waals surface area contributed by atoms with E-state index < -0.39 is 16.4 Å². The molecule has 0 bridgehead atoms. The molecule has 0 heterocycles. The number of carbonyl (C=O) groups is 1. The van der Waals surface area contributed by atoms with Crippen molar-refractivity contribution in [2.24, 2.45) is 10.9 Å². The van der Waals surface area contributed by atoms with Gasteiger partial charge in [-0.1, -0.05) is 11.8 Å². The fourth-order valence-corrected chi connectivity index (χ4v) is 0.503. The summed E-state index contributed by atoms with van der Waals surface area (Å²) in [5.74, 6) is 3.73. The summed E-state index contributed by atoms with van der Waals surface area (Å²) < 4.78 is 31.6. The Balaban J connectivity index is 0. The van der Waals surface area contributed by atoms with Crippen molar-refractivity contribution >= 4 is 33.7 Å². The van der Waals surface area contributed by atoms with Crippen molar-refractivity contribution < 1.29 is 27.4 Å². The van der Waals surface area contributed by atoms with Crippen LogP contribution in [-0.2, 0) is 15.2 Å². The molecule has 5 N–H and O–H groups in total. The molecule has 0 amide bonds. The number of carboxylic acid groups (broad SMARTS) is 1. The van der Waals surface area contributed by atoms with Gasteiger partial charge in [0.25, 0.3) is 0 Å². The summed E-state index contributed by atoms with van der Waals surface area (Å²) in [6.07, 6.45) is 1.01. The second kappa shape index (κ2) is 8.50. The summed E-state index contributed by atoms with van der Waals surface area (Å²) in [5.41, 5.74) is 1.33. The Morgan fingerprint density at radius 2 is 1.86 bits per heavy atom. The molecule has 8 nitrogen and oxygen atoms in total. The predicted octanol–water partition coefficient (Wildman–Crippen LogP) is -0.433. The lowest BCUT2D eigenvalue weighted by molar-refractivity contribution is -0.131. The Morgan fingerprint density at radius 3 is 2.14 bits per heavy atom. The van der Waals surface area contributed by atoms with Crippen LogP contribution in [0.4, 0.5) is 0 Å². The number of nitrogens with zero attached hydrogens (tertiary/aromatic N) is 1. The lowest BCUT2D eigenvalue weighted by Crippen LogP contribution is -1.89. The van der Waals surface area contributed by atoms with Crippen LogP contribution < -0.4 is 5.84 Å². The van der Waals surface area contributed by atoms with Crippen molar-refractivity contribution in [1.82, 2.24) is 0 Å². The molecule has 0 saturated heterocycles. The van der Waals surface area contributed by atoms with Crippen molar-refractivity contribution in [3.63, 3.8) is 0 Å². The van der Waals surface area contributed by atoms with Gasteiger partial charge in [0, 0.05) is 6.08 Å². The number of thioether (sulfide) groups is 1. The largest absolute Gasteiger partial charge is 0.478 e. The van der Waals surface area contributed by atoms with E-state index in [9.17, 15) is 4.79 Å². The van der Waals surface area contributed by atoms with E-state index in [1.165, 1.54) is 11.0 Å². The first-order valence-electron chi connectivity index (χ1n) is 2.74. The average molecular weight is 244 g/mol. The van der Waals surface area contributed by atoms with Crippen molar-refractivity contribution in [3.8, 4) is 0 Å². The first-order chi connectivity index (χ1) is 6.27. The Hall–Kier alpha value is -1.10. The maximum Gasteiger partial charge on any atom is 0.394 e. The van der Waals surface area contributed by atoms with Gasteiger partial charge in [-0.25, -0.2) is 4.79 Å². The third-order valence-corrected chi connectivity index (χ3v) is 0.948. The molecule has 0 aliphatic heterocycles. The Bertz CT molecular complexity index is 300. The van der Waals surface area contributed by atoms with Crippen molar-refractivity contribution in [1.29, 1.82) is 0 Å². The van der Waals surface area contributed by atoms with E-state index in [1.54, 1.807) is 0 Å². The van der Waals surface area contributed by atoms with E-state index in [0.29, 0.717) is 0 Å². The third-order valence-electron chi connectivity index (χ3n) is 0.411. The number of hydrogen-bond acceptors (Lipinski definition) is 6. The molecule has 0 aromatic rings. The highest BCUT2D eigenvalue weighted by atomic mass is 32.3. The fourth-order valence-electron chi connectivity index (χ4n) is 0.168. The van der Waals surface area contributed by atoms with Gasteiger partial charge in [-0.15, -0.1) is 0 Å². The summed E-state index contributed by atoms with van der Waals surface area (Å²) >= 11 is 1.10. The smallest absolute Gasteiger partial charge is 0.394 e. The molecular formula is C4H8N2O6S2. The zero-order valence-corrected chi connectivity index (χ0v) is 8.27. The molecule has 0 unspecified atom stereocenters. The summed E-state index contributed by atoms with van der Waals surface area (Å²) in [6, 6.07) is 0. The van der Waals surface area contributed by atoms with Crippen molar-refractivity contribution in [2.75, 3.05) is 0 Å². The van der Waals surface area contributed by atoms with Gasteiger partial charge in [0.2, 0.25) is 0 Å². The molecule has 0 aromatic carbocycles. The maximum atomic E-state index is 9.79. The maximum absolute atomic E-state index is 9.79. The lowest BCUT2D eigenvalue weighted by atomic mass is 10.7. The molecule has 0 aliphatic carbocycles. The number of aliphatic carboxylic acids is 1. The first kappa shape index (κ1) is 15.4. The highest BCUT2D eigenvalue weighted by molar-refractivity contribution is 8.14. The van der Waals surface area contributed by atoms with Crippen LogP contribution in [-0.4, -0.2) is 34.1 Å². The van der Waals surface area contributed by atoms with Crippen LogP contribution in [0.3, 0.4) is 0 Å². The van der Waals surface area contributed by atoms with Gasteiger partial charge in [-0.3, -0.25) is 9.11 Å². The van der Waals surface area contributed by atoms with Gasteiger partial charge >= 0.3 is 16.4 Å². The summed E-state index contributed by atoms with van der Waals surface area (Å²) in [4.78, 5) is 9.79. The van der Waals surface area contributed by atoms with Crippen LogP contribution in [0.2, 0.25) is 0 Å². The van der Waals surface area contributed by atoms with E-state index in [2.05, 4.69) is 5.10 Å². The quantitative estimate of drug-likeness (QED) is 0.130. The number of rotatable bonds is 3. The molecule has 14 heavy (non-hydrogen) atoms. The zero-order valence-electron chi connectivity index (χ0n) is 6.64. The normalized spacial score (nSPS) is 11.3. The minimum Gasteiger partial charge on any atom is -0.478 e. The van der Waals surface area contributed by atoms with Crippen LogP contribution in [0.15, 0.2) is 16.6 Å². The molecule has 0 atom stereocenters. The van der Waals surface area contributed by atoms with E-state index >= 15 is 0 Å². The van der Waals surface area contributed by atoms with E-state index in [-0.39, 0.29) is 0 Å². The second-order valence-corrected chi connectivity index (χ2v) is 3.13. The summed E-state index contributed by atoms with van der Waals surface area (Å²) in [7, 11) is -4.67. The van der Waals surface area contributed by atoms with Gasteiger partial charge in [0.1, 0.15) is 0 Å². The van der Waals surface area contributed by atoms with Crippen molar-refractivity contribution in [3.05, 3.63) is 11.5 Å². The van der Waals surface area contributed by atoms with Crippen LogP contribution >= 0.6 is 11.8 Å². The lowest BCUT2D eigenvalue weighted by Gasteiger charge is -1.76. The number of nitrogens with two attached hydrogens (primary N) is 1. The molecular weight excluding hydrogens is 236 g/mol. The predicted molar refractivity (Wildman–Crippen MR) is 51.2 cm³/mol. The molecule has 0 radical (unpaired) electrons. The monoisotopic (exact) mass is 244 g/mol. The number of carboxylic acids is 1. The Labute approximate surface area is 84.1 Å². The van der Waals surface area contributed by atoms with E-state index in [4.69, 9.17) is 28.5 Å². The third kappa shape index (κ3) is 44.5. The zero-order chi connectivity index (χ0) is 11.6. The molecule has 0 aromatic heterocycles. The molecule has 0 rings (SSSR count). The first-order valence-corrected chi connectivity index (χ1v) is 5.08. The van der Waals surface area contributed by atoms with Gasteiger partial charge in [0.05, 0.1) is 5.55 Å². The molecule has 82 valence electrons. The highest BCUT2D eigenvalue weighted by Crippen LogP contribution is 1.94. The van der Waals surface area contributed by atoms with Gasteiger partial charge in [-0.05, 0) is 5.41 Å². The van der Waals surface area contributed by atoms with Crippen LogP contribution in [0.5, 0.6) is 0 Å². The fraction of sp³-hybridized carbons (Fsp3) is 0. The average Bonchev–Trinajstić information content (AvgIpc) is 1.94. The standard InChI is InChI=1S/C4H6N2O2S.H2O4S/c5-6-3-9-2-1-4(7)8;1-5(2,3)4/h1-3H,5H2,(H,7,8);(H2,1,2,3,4). The summed E-state index contributed by atoms with van der Waals surface area (Å²) in [5, 5.41) is 12.5. The highest BCUT2D eigenvalue weighted by Gasteiger charge is 1.84. The topological polar surface area (TPSA) is 150 Å². The van der Waals surface area contributed by atoms with Crippen molar-refractivity contribution in [2.45, 2.75) is 0 Å². The van der Waals surface area contributed by atoms with Crippen LogP contribution in [0, 0.1) is 0 Å². The Morgan fingerprint density at radius 1 is 1.43 bits per heavy atom. The molecule has 0 aliphatic rings. The van der Waals surface area contributed by atoms with Crippen LogP contribution in [0.1, 0.15) is 0 Å². The molecule has 0 spiro atoms. The number of hydrazone groups is 1.